The Labute approximate surface area is 134 Å². The lowest BCUT2D eigenvalue weighted by atomic mass is 9.69. The van der Waals surface area contributed by atoms with Crippen LogP contribution in [-0.4, -0.2) is 16.5 Å². The number of hydrogen-bond donors (Lipinski definition) is 2. The van der Waals surface area contributed by atoms with Crippen LogP contribution in [0.1, 0.15) is 60.3 Å². The summed E-state index contributed by atoms with van der Waals surface area (Å²) in [6, 6.07) is 0. The molecule has 1 unspecified atom stereocenters. The fourth-order valence-corrected chi connectivity index (χ4v) is 3.90. The van der Waals surface area contributed by atoms with Gasteiger partial charge in [0.25, 0.3) is 0 Å². The molecule has 0 aromatic carbocycles. The van der Waals surface area contributed by atoms with Gasteiger partial charge in [-0.3, -0.25) is 0 Å². The van der Waals surface area contributed by atoms with Crippen molar-refractivity contribution in [1.82, 2.24) is 0 Å². The summed E-state index contributed by atoms with van der Waals surface area (Å²) in [6.45, 7) is 11.4. The van der Waals surface area contributed by atoms with Gasteiger partial charge in [0, 0.05) is 0 Å². The first-order valence-electron chi connectivity index (χ1n) is 8.44. The molecule has 0 saturated carbocycles. The number of aliphatic hydroxyl groups excluding tert-OH is 1. The lowest BCUT2D eigenvalue weighted by Crippen LogP contribution is -2.21. The maximum absolute atomic E-state index is 9.30. The molecule has 2 rings (SSSR count). The van der Waals surface area contributed by atoms with Gasteiger partial charge in [-0.25, -0.2) is 0 Å². The lowest BCUT2D eigenvalue weighted by Gasteiger charge is -2.36. The first-order valence-corrected chi connectivity index (χ1v) is 8.44. The van der Waals surface area contributed by atoms with E-state index in [2.05, 4.69) is 46.8 Å². The molecule has 0 heterocycles. The van der Waals surface area contributed by atoms with Gasteiger partial charge in [0.05, 0.1) is 0 Å². The lowest BCUT2D eigenvalue weighted by molar-refractivity contribution is -0.0114. The average molecular weight is 302 g/mol. The van der Waals surface area contributed by atoms with Crippen molar-refractivity contribution in [3.05, 3.63) is 46.1 Å². The van der Waals surface area contributed by atoms with Gasteiger partial charge < -0.3 is 10.2 Å². The zero-order chi connectivity index (χ0) is 16.5. The molecule has 0 radical (unpaired) electrons. The molecule has 1 atom stereocenters. The minimum absolute atomic E-state index is 0.316. The third-order valence-corrected chi connectivity index (χ3v) is 5.40. The number of rotatable bonds is 3. The molecular formula is C20H30O2. The number of hydrogen-bond acceptors (Lipinski definition) is 2. The van der Waals surface area contributed by atoms with E-state index in [1.165, 1.54) is 23.1 Å². The van der Waals surface area contributed by atoms with Crippen LogP contribution in [0.15, 0.2) is 46.1 Å². The van der Waals surface area contributed by atoms with Gasteiger partial charge in [-0.15, -0.1) is 0 Å². The molecular weight excluding hydrogens is 272 g/mol. The molecule has 0 amide bonds. The quantitative estimate of drug-likeness (QED) is 0.744. The molecule has 2 nitrogen and oxygen atoms in total. The molecule has 0 aromatic heterocycles. The van der Waals surface area contributed by atoms with E-state index in [1.54, 1.807) is 5.57 Å². The Bertz CT molecular complexity index is 556. The third-order valence-electron chi connectivity index (χ3n) is 5.40. The second-order valence-corrected chi connectivity index (χ2v) is 7.40. The van der Waals surface area contributed by atoms with Crippen molar-refractivity contribution in [2.45, 2.75) is 66.6 Å². The predicted molar refractivity (Wildman–Crippen MR) is 92.3 cm³/mol. The molecule has 0 saturated heterocycles. The highest BCUT2D eigenvalue weighted by Crippen LogP contribution is 2.44. The van der Waals surface area contributed by atoms with E-state index in [9.17, 15) is 10.2 Å². The average Bonchev–Trinajstić information content (AvgIpc) is 2.43. The Morgan fingerprint density at radius 1 is 1.32 bits per heavy atom. The second kappa shape index (κ2) is 6.55. The van der Waals surface area contributed by atoms with Crippen LogP contribution in [0.2, 0.25) is 0 Å². The Kier molecular flexibility index (Phi) is 5.14. The van der Waals surface area contributed by atoms with E-state index in [-0.39, 0.29) is 0 Å². The van der Waals surface area contributed by atoms with Crippen molar-refractivity contribution in [2.75, 3.05) is 0 Å². The van der Waals surface area contributed by atoms with Crippen LogP contribution in [0.25, 0.3) is 0 Å². The Morgan fingerprint density at radius 3 is 2.55 bits per heavy atom. The molecule has 2 aliphatic carbocycles. The van der Waals surface area contributed by atoms with E-state index in [0.717, 1.165) is 19.3 Å². The molecule has 2 aliphatic rings. The summed E-state index contributed by atoms with van der Waals surface area (Å²) in [5, 5.41) is 18.6. The highest BCUT2D eigenvalue weighted by Gasteiger charge is 2.29. The van der Waals surface area contributed by atoms with Gasteiger partial charge in [0.15, 0.2) is 6.29 Å². The topological polar surface area (TPSA) is 40.5 Å². The van der Waals surface area contributed by atoms with Crippen LogP contribution in [0.5, 0.6) is 0 Å². The van der Waals surface area contributed by atoms with Crippen LogP contribution in [0.3, 0.4) is 0 Å². The Hall–Kier alpha value is -1.12. The van der Waals surface area contributed by atoms with E-state index in [1.807, 2.05) is 6.08 Å². The van der Waals surface area contributed by atoms with Crippen LogP contribution < -0.4 is 0 Å². The fourth-order valence-electron chi connectivity index (χ4n) is 3.90. The summed E-state index contributed by atoms with van der Waals surface area (Å²) in [5.41, 5.74) is 6.82. The summed E-state index contributed by atoms with van der Waals surface area (Å²) in [4.78, 5) is 0. The van der Waals surface area contributed by atoms with E-state index in [4.69, 9.17) is 0 Å². The number of allylic oxidation sites excluding steroid dienone is 7. The maximum Gasteiger partial charge on any atom is 0.174 e. The number of aliphatic hydroxyl groups is 2. The molecule has 2 N–H and O–H groups in total. The van der Waals surface area contributed by atoms with Crippen molar-refractivity contribution in [1.29, 1.82) is 0 Å². The van der Waals surface area contributed by atoms with Crippen molar-refractivity contribution in [2.24, 2.45) is 11.3 Å². The fraction of sp³-hybridized carbons (Fsp3) is 0.600. The zero-order valence-electron chi connectivity index (χ0n) is 14.6. The first-order chi connectivity index (χ1) is 10.3. The summed E-state index contributed by atoms with van der Waals surface area (Å²) in [5.74, 6) is 0.335. The summed E-state index contributed by atoms with van der Waals surface area (Å²) in [7, 11) is 0. The van der Waals surface area contributed by atoms with E-state index >= 15 is 0 Å². The van der Waals surface area contributed by atoms with Gasteiger partial charge in [-0.05, 0) is 66.2 Å². The zero-order valence-corrected chi connectivity index (χ0v) is 14.6. The highest BCUT2D eigenvalue weighted by molar-refractivity contribution is 5.45. The van der Waals surface area contributed by atoms with Gasteiger partial charge in [0.2, 0.25) is 0 Å². The largest absolute Gasteiger partial charge is 0.365 e. The summed E-state index contributed by atoms with van der Waals surface area (Å²) >= 11 is 0. The van der Waals surface area contributed by atoms with Crippen molar-refractivity contribution in [3.8, 4) is 0 Å². The van der Waals surface area contributed by atoms with Crippen LogP contribution >= 0.6 is 0 Å². The highest BCUT2D eigenvalue weighted by atomic mass is 16.5. The summed E-state index contributed by atoms with van der Waals surface area (Å²) < 4.78 is 0. The molecule has 2 heteroatoms. The molecule has 0 spiro atoms. The van der Waals surface area contributed by atoms with E-state index in [0.29, 0.717) is 16.9 Å². The van der Waals surface area contributed by atoms with Crippen molar-refractivity contribution >= 4 is 0 Å². The molecule has 0 bridgehead atoms. The maximum atomic E-state index is 9.30. The Morgan fingerprint density at radius 2 is 2.00 bits per heavy atom. The van der Waals surface area contributed by atoms with Crippen molar-refractivity contribution < 1.29 is 10.2 Å². The van der Waals surface area contributed by atoms with Crippen molar-refractivity contribution in [3.63, 3.8) is 0 Å². The first kappa shape index (κ1) is 17.2. The van der Waals surface area contributed by atoms with Gasteiger partial charge in [-0.1, -0.05) is 51.5 Å². The van der Waals surface area contributed by atoms with Gasteiger partial charge in [0.1, 0.15) is 0 Å². The third kappa shape index (κ3) is 3.44. The second-order valence-electron chi connectivity index (χ2n) is 7.40. The molecule has 0 aliphatic heterocycles. The predicted octanol–water partition coefficient (Wildman–Crippen LogP) is 4.66. The summed E-state index contributed by atoms with van der Waals surface area (Å²) in [6.07, 6.45) is 9.10. The Balaban J connectivity index is 2.34. The van der Waals surface area contributed by atoms with Crippen LogP contribution in [-0.2, 0) is 0 Å². The standard InChI is InChI=1S/C20H30O2/c1-6-18-14(3)16(9-10-20(18,4)5)12-15-7-8-17(19(21)22)11-13(15)2/h7-8,12-13,19,21-22H,6,9-11H2,1-5H3/b16-12+. The van der Waals surface area contributed by atoms with E-state index < -0.39 is 6.29 Å². The monoisotopic (exact) mass is 302 g/mol. The van der Waals surface area contributed by atoms with Crippen LogP contribution in [0.4, 0.5) is 0 Å². The smallest absolute Gasteiger partial charge is 0.174 e. The van der Waals surface area contributed by atoms with Crippen LogP contribution in [0, 0.1) is 11.3 Å². The van der Waals surface area contributed by atoms with Gasteiger partial charge >= 0.3 is 0 Å². The minimum atomic E-state index is -1.32. The van der Waals surface area contributed by atoms with Gasteiger partial charge in [-0.2, -0.15) is 0 Å². The molecule has 0 aromatic rings. The molecule has 0 fully saturated rings. The molecule has 22 heavy (non-hydrogen) atoms. The minimum Gasteiger partial charge on any atom is -0.365 e. The normalized spacial score (nSPS) is 27.3. The molecule has 122 valence electrons. The SMILES string of the molecule is CCC1=C(C)/C(=C/C2=CC=C(C(O)O)CC2C)CCC1(C)C.